The quantitative estimate of drug-likeness (QED) is 0.317. The number of aliphatic imine (C=N–C) groups is 1. The highest BCUT2D eigenvalue weighted by Gasteiger charge is 2.21. The fraction of sp³-hybridized carbons (Fsp3) is 0.160. The van der Waals surface area contributed by atoms with Gasteiger partial charge in [-0.2, -0.15) is 0 Å². The van der Waals surface area contributed by atoms with Gasteiger partial charge >= 0.3 is 5.97 Å². The minimum atomic E-state index is -0.427. The van der Waals surface area contributed by atoms with Crippen molar-refractivity contribution in [2.45, 2.75) is 20.8 Å². The Hall–Kier alpha value is -3.71. The fourth-order valence-corrected chi connectivity index (χ4v) is 4.29. The van der Waals surface area contributed by atoms with Crippen molar-refractivity contribution < 1.29 is 9.53 Å². The van der Waals surface area contributed by atoms with Crippen molar-refractivity contribution in [3.63, 3.8) is 0 Å². The first kappa shape index (κ1) is 21.5. The Kier molecular flexibility index (Phi) is 6.18. The number of aromatic amines is 1. The molecule has 0 unspecified atom stereocenters. The molecule has 6 nitrogen and oxygen atoms in total. The van der Waals surface area contributed by atoms with Crippen LogP contribution >= 0.6 is 11.3 Å². The summed E-state index contributed by atoms with van der Waals surface area (Å²) in [6.07, 6.45) is 1.51. The minimum Gasteiger partial charge on any atom is -0.462 e. The van der Waals surface area contributed by atoms with Gasteiger partial charge in [-0.1, -0.05) is 48.0 Å². The van der Waals surface area contributed by atoms with Crippen LogP contribution in [0.3, 0.4) is 0 Å². The Labute approximate surface area is 189 Å². The normalized spacial score (nSPS) is 11.2. The second kappa shape index (κ2) is 9.20. The molecule has 0 bridgehead atoms. The van der Waals surface area contributed by atoms with Crippen LogP contribution in [-0.4, -0.2) is 28.6 Å². The number of esters is 1. The lowest BCUT2D eigenvalue weighted by Gasteiger charge is -2.06. The number of aromatic nitrogens is 2. The topological polar surface area (TPSA) is 76.4 Å². The van der Waals surface area contributed by atoms with Gasteiger partial charge in [-0.15, -0.1) is 11.3 Å². The Morgan fingerprint density at radius 1 is 1.12 bits per heavy atom. The lowest BCUT2D eigenvalue weighted by atomic mass is 10.0. The number of aryl methyl sites for hydroxylation is 2. The van der Waals surface area contributed by atoms with Crippen molar-refractivity contribution in [1.29, 1.82) is 0 Å². The molecule has 0 saturated carbocycles. The van der Waals surface area contributed by atoms with Gasteiger partial charge in [0.25, 0.3) is 5.56 Å². The maximum Gasteiger partial charge on any atom is 0.341 e. The highest BCUT2D eigenvalue weighted by Crippen LogP contribution is 2.38. The molecule has 0 spiro atoms. The first-order valence-electron chi connectivity index (χ1n) is 10.3. The molecular weight excluding hydrogens is 422 g/mol. The third-order valence-corrected chi connectivity index (χ3v) is 5.94. The molecule has 0 radical (unpaired) electrons. The van der Waals surface area contributed by atoms with E-state index in [0.717, 1.165) is 22.4 Å². The van der Waals surface area contributed by atoms with Gasteiger partial charge in [-0.3, -0.25) is 9.89 Å². The smallest absolute Gasteiger partial charge is 0.341 e. The second-order valence-corrected chi connectivity index (χ2v) is 8.16. The number of carbonyl (C=O) groups is 1. The molecule has 0 atom stereocenters. The van der Waals surface area contributed by atoms with Crippen molar-refractivity contribution >= 4 is 28.5 Å². The molecule has 32 heavy (non-hydrogen) atoms. The molecule has 0 amide bonds. The standard InChI is InChI=1S/C25H23N3O3S/c1-4-31-25(30)22-21(18-12-10-16(2)11-13-18)15-32-23(22)26-14-20-17(3)27-28(24(20)29)19-8-6-5-7-9-19/h5-15,27H,4H2,1-3H3. The summed E-state index contributed by atoms with van der Waals surface area (Å²) in [5.41, 5.74) is 4.90. The third-order valence-electron chi connectivity index (χ3n) is 5.06. The van der Waals surface area contributed by atoms with Crippen LogP contribution in [0.5, 0.6) is 0 Å². The molecule has 2 aromatic heterocycles. The zero-order valence-corrected chi connectivity index (χ0v) is 18.9. The SMILES string of the molecule is CCOC(=O)c1c(-c2ccc(C)cc2)csc1N=Cc1c(C)[nH]n(-c2ccccc2)c1=O. The fourth-order valence-electron chi connectivity index (χ4n) is 3.38. The number of H-pyrrole nitrogens is 1. The molecule has 1 N–H and O–H groups in total. The summed E-state index contributed by atoms with van der Waals surface area (Å²) < 4.78 is 6.78. The lowest BCUT2D eigenvalue weighted by Crippen LogP contribution is -2.17. The van der Waals surface area contributed by atoms with Crippen molar-refractivity contribution in [3.8, 4) is 16.8 Å². The van der Waals surface area contributed by atoms with Crippen molar-refractivity contribution in [2.75, 3.05) is 6.61 Å². The van der Waals surface area contributed by atoms with Crippen LogP contribution in [0.25, 0.3) is 16.8 Å². The summed E-state index contributed by atoms with van der Waals surface area (Å²) >= 11 is 1.35. The van der Waals surface area contributed by atoms with Crippen molar-refractivity contribution in [1.82, 2.24) is 9.78 Å². The predicted molar refractivity (Wildman–Crippen MR) is 129 cm³/mol. The summed E-state index contributed by atoms with van der Waals surface area (Å²) in [5, 5.41) is 5.49. The number of para-hydroxylation sites is 1. The summed E-state index contributed by atoms with van der Waals surface area (Å²) in [6.45, 7) is 5.87. The van der Waals surface area contributed by atoms with Gasteiger partial charge < -0.3 is 4.74 Å². The van der Waals surface area contributed by atoms with Gasteiger partial charge in [0.15, 0.2) is 0 Å². The van der Waals surface area contributed by atoms with Crippen LogP contribution in [0, 0.1) is 13.8 Å². The Balaban J connectivity index is 1.75. The molecule has 0 aliphatic heterocycles. The van der Waals surface area contributed by atoms with Crippen LogP contribution < -0.4 is 5.56 Å². The number of nitrogens with one attached hydrogen (secondary N) is 1. The van der Waals surface area contributed by atoms with Gasteiger partial charge in [-0.25, -0.2) is 14.5 Å². The number of ether oxygens (including phenoxy) is 1. The number of rotatable bonds is 6. The number of nitrogens with zero attached hydrogens (tertiary/aromatic N) is 2. The van der Waals surface area contributed by atoms with E-state index in [1.165, 1.54) is 22.2 Å². The van der Waals surface area contributed by atoms with E-state index in [2.05, 4.69) is 10.1 Å². The van der Waals surface area contributed by atoms with E-state index in [0.29, 0.717) is 21.8 Å². The van der Waals surface area contributed by atoms with Crippen molar-refractivity contribution in [2.24, 2.45) is 4.99 Å². The molecule has 2 aromatic carbocycles. The average molecular weight is 446 g/mol. The van der Waals surface area contributed by atoms with Gasteiger partial charge in [0.2, 0.25) is 0 Å². The predicted octanol–water partition coefficient (Wildman–Crippen LogP) is 5.44. The van der Waals surface area contributed by atoms with E-state index < -0.39 is 5.97 Å². The summed E-state index contributed by atoms with van der Waals surface area (Å²) in [7, 11) is 0. The van der Waals surface area contributed by atoms with Crippen molar-refractivity contribution in [3.05, 3.63) is 92.7 Å². The number of benzene rings is 2. The maximum absolute atomic E-state index is 12.9. The van der Waals surface area contributed by atoms with Gasteiger partial charge in [0, 0.05) is 22.9 Å². The molecular formula is C25H23N3O3S. The average Bonchev–Trinajstić information content (AvgIpc) is 3.34. The van der Waals surface area contributed by atoms with Crippen LogP contribution in [0.15, 0.2) is 69.8 Å². The number of hydrogen-bond donors (Lipinski definition) is 1. The molecule has 0 aliphatic rings. The maximum atomic E-state index is 12.9. The van der Waals surface area contributed by atoms with Crippen LogP contribution in [0.1, 0.15) is 34.1 Å². The Bertz CT molecular complexity index is 1330. The molecule has 7 heteroatoms. The number of thiophene rings is 1. The van der Waals surface area contributed by atoms with E-state index in [4.69, 9.17) is 4.74 Å². The summed E-state index contributed by atoms with van der Waals surface area (Å²) in [6, 6.07) is 17.3. The summed E-state index contributed by atoms with van der Waals surface area (Å²) in [4.78, 5) is 30.2. The highest BCUT2D eigenvalue weighted by molar-refractivity contribution is 7.14. The van der Waals surface area contributed by atoms with E-state index in [1.54, 1.807) is 6.92 Å². The van der Waals surface area contributed by atoms with E-state index >= 15 is 0 Å². The zero-order chi connectivity index (χ0) is 22.7. The van der Waals surface area contributed by atoms with E-state index in [-0.39, 0.29) is 12.2 Å². The monoisotopic (exact) mass is 445 g/mol. The largest absolute Gasteiger partial charge is 0.462 e. The van der Waals surface area contributed by atoms with Crippen LogP contribution in [-0.2, 0) is 4.74 Å². The van der Waals surface area contributed by atoms with E-state index in [9.17, 15) is 9.59 Å². The van der Waals surface area contributed by atoms with Gasteiger partial charge in [0.1, 0.15) is 10.6 Å². The molecule has 0 saturated heterocycles. The number of hydrogen-bond acceptors (Lipinski definition) is 5. The highest BCUT2D eigenvalue weighted by atomic mass is 32.1. The molecule has 4 rings (SSSR count). The van der Waals surface area contributed by atoms with Gasteiger partial charge in [0.05, 0.1) is 17.9 Å². The van der Waals surface area contributed by atoms with Crippen LogP contribution in [0.2, 0.25) is 0 Å². The first-order valence-corrected chi connectivity index (χ1v) is 11.1. The number of carbonyl (C=O) groups excluding carboxylic acids is 1. The second-order valence-electron chi connectivity index (χ2n) is 7.30. The van der Waals surface area contributed by atoms with E-state index in [1.807, 2.05) is 73.8 Å². The van der Waals surface area contributed by atoms with Gasteiger partial charge in [-0.05, 0) is 38.5 Å². The lowest BCUT2D eigenvalue weighted by molar-refractivity contribution is 0.0529. The molecule has 0 aliphatic carbocycles. The molecule has 4 aromatic rings. The first-order chi connectivity index (χ1) is 15.5. The minimum absolute atomic E-state index is 0.203. The Morgan fingerprint density at radius 2 is 1.84 bits per heavy atom. The molecule has 0 fully saturated rings. The summed E-state index contributed by atoms with van der Waals surface area (Å²) in [5.74, 6) is -0.427. The Morgan fingerprint density at radius 3 is 2.53 bits per heavy atom. The molecule has 162 valence electrons. The van der Waals surface area contributed by atoms with Crippen LogP contribution in [0.4, 0.5) is 5.00 Å². The third kappa shape index (κ3) is 4.20. The molecule has 2 heterocycles. The zero-order valence-electron chi connectivity index (χ0n) is 18.1.